The molecular weight excluding hydrogens is 180 g/mol. The van der Waals surface area contributed by atoms with E-state index < -0.39 is 10.8 Å². The first-order chi connectivity index (χ1) is 6.33. The molecular formula is C11H12OS. The van der Waals surface area contributed by atoms with Crippen LogP contribution in [0, 0.1) is 0 Å². The van der Waals surface area contributed by atoms with E-state index >= 15 is 0 Å². The summed E-state index contributed by atoms with van der Waals surface area (Å²) >= 11 is 0. The summed E-state index contributed by atoms with van der Waals surface area (Å²) in [6, 6.07) is 8.07. The van der Waals surface area contributed by atoms with Crippen molar-refractivity contribution in [1.82, 2.24) is 0 Å². The van der Waals surface area contributed by atoms with E-state index in [9.17, 15) is 4.21 Å². The topological polar surface area (TPSA) is 17.1 Å². The molecule has 1 heterocycles. The van der Waals surface area contributed by atoms with E-state index in [4.69, 9.17) is 0 Å². The summed E-state index contributed by atoms with van der Waals surface area (Å²) in [4.78, 5) is 1.10. The second-order valence-corrected chi connectivity index (χ2v) is 4.50. The lowest BCUT2D eigenvalue weighted by molar-refractivity contribution is 0.694. The van der Waals surface area contributed by atoms with E-state index in [1.54, 1.807) is 0 Å². The summed E-state index contributed by atoms with van der Waals surface area (Å²) in [7, 11) is -0.865. The summed E-state index contributed by atoms with van der Waals surface area (Å²) in [5.74, 6) is 0. The van der Waals surface area contributed by atoms with Crippen molar-refractivity contribution in [3.8, 4) is 0 Å². The molecule has 1 aromatic carbocycles. The van der Waals surface area contributed by atoms with Gasteiger partial charge in [-0.25, -0.2) is 4.21 Å². The molecule has 0 aliphatic carbocycles. The van der Waals surface area contributed by atoms with Crippen LogP contribution in [0.3, 0.4) is 0 Å². The van der Waals surface area contributed by atoms with Gasteiger partial charge in [0.05, 0.1) is 10.8 Å². The van der Waals surface area contributed by atoms with Gasteiger partial charge in [0.25, 0.3) is 0 Å². The highest BCUT2D eigenvalue weighted by Gasteiger charge is 2.10. The van der Waals surface area contributed by atoms with Crippen molar-refractivity contribution in [2.24, 2.45) is 0 Å². The summed E-state index contributed by atoms with van der Waals surface area (Å²) in [5.41, 5.74) is 0. The molecule has 0 N–H and O–H groups in total. The summed E-state index contributed by atoms with van der Waals surface area (Å²) < 4.78 is 11.6. The SMILES string of the molecule is CCCC1=c2ccccc2=CS1=O. The Hall–Kier alpha value is -0.890. The predicted molar refractivity (Wildman–Crippen MR) is 56.6 cm³/mol. The molecule has 0 bridgehead atoms. The molecule has 0 fully saturated rings. The first kappa shape index (κ1) is 8.70. The lowest BCUT2D eigenvalue weighted by Gasteiger charge is -1.96. The van der Waals surface area contributed by atoms with Gasteiger partial charge < -0.3 is 0 Å². The van der Waals surface area contributed by atoms with E-state index in [1.165, 1.54) is 5.22 Å². The van der Waals surface area contributed by atoms with Gasteiger partial charge in [0, 0.05) is 10.3 Å². The average molecular weight is 192 g/mol. The molecule has 0 saturated heterocycles. The molecule has 0 amide bonds. The number of hydrogen-bond donors (Lipinski definition) is 0. The zero-order valence-electron chi connectivity index (χ0n) is 7.62. The van der Waals surface area contributed by atoms with Crippen molar-refractivity contribution >= 4 is 21.1 Å². The Labute approximate surface area is 80.2 Å². The van der Waals surface area contributed by atoms with Crippen LogP contribution in [-0.2, 0) is 10.8 Å². The molecule has 1 aromatic rings. The molecule has 2 heteroatoms. The lowest BCUT2D eigenvalue weighted by atomic mass is 10.2. The second kappa shape index (κ2) is 3.46. The Morgan fingerprint density at radius 3 is 2.85 bits per heavy atom. The average Bonchev–Trinajstić information content (AvgIpc) is 2.44. The molecule has 0 saturated carbocycles. The molecule has 1 aliphatic rings. The van der Waals surface area contributed by atoms with Gasteiger partial charge in [-0.05, 0) is 16.9 Å². The molecule has 2 rings (SSSR count). The highest BCUT2D eigenvalue weighted by molar-refractivity contribution is 8.01. The van der Waals surface area contributed by atoms with E-state index in [0.29, 0.717) is 0 Å². The summed E-state index contributed by atoms with van der Waals surface area (Å²) in [6.45, 7) is 2.12. The van der Waals surface area contributed by atoms with Crippen molar-refractivity contribution in [1.29, 1.82) is 0 Å². The third-order valence-corrected chi connectivity index (χ3v) is 3.59. The lowest BCUT2D eigenvalue weighted by Crippen LogP contribution is -2.21. The molecule has 1 aliphatic heterocycles. The number of fused-ring (bicyclic) bond motifs is 1. The Balaban J connectivity index is 2.69. The number of rotatable bonds is 2. The number of benzene rings is 1. The highest BCUT2D eigenvalue weighted by Crippen LogP contribution is 2.12. The Kier molecular flexibility index (Phi) is 2.32. The zero-order chi connectivity index (χ0) is 9.26. The van der Waals surface area contributed by atoms with Gasteiger partial charge in [0.15, 0.2) is 0 Å². The maximum absolute atomic E-state index is 11.6. The predicted octanol–water partition coefficient (Wildman–Crippen LogP) is 1.10. The molecule has 1 nitrogen and oxygen atoms in total. The molecule has 0 aromatic heterocycles. The first-order valence-electron chi connectivity index (χ1n) is 4.53. The molecule has 13 heavy (non-hydrogen) atoms. The van der Waals surface area contributed by atoms with Crippen LogP contribution in [0.2, 0.25) is 0 Å². The quantitative estimate of drug-likeness (QED) is 0.685. The Morgan fingerprint density at radius 1 is 1.31 bits per heavy atom. The van der Waals surface area contributed by atoms with Gasteiger partial charge in [-0.3, -0.25) is 0 Å². The molecule has 1 unspecified atom stereocenters. The van der Waals surface area contributed by atoms with Crippen molar-refractivity contribution in [2.75, 3.05) is 0 Å². The van der Waals surface area contributed by atoms with Crippen LogP contribution in [0.5, 0.6) is 0 Å². The van der Waals surface area contributed by atoms with Gasteiger partial charge in [0.2, 0.25) is 0 Å². The minimum atomic E-state index is -0.865. The van der Waals surface area contributed by atoms with Crippen LogP contribution in [-0.4, -0.2) is 4.21 Å². The Morgan fingerprint density at radius 2 is 2.08 bits per heavy atom. The summed E-state index contributed by atoms with van der Waals surface area (Å²) in [5, 5.41) is 4.16. The van der Waals surface area contributed by atoms with Crippen LogP contribution in [0.1, 0.15) is 19.8 Å². The van der Waals surface area contributed by atoms with Crippen molar-refractivity contribution in [3.63, 3.8) is 0 Å². The van der Waals surface area contributed by atoms with E-state index in [1.807, 2.05) is 23.6 Å². The first-order valence-corrected chi connectivity index (χ1v) is 5.75. The molecule has 68 valence electrons. The largest absolute Gasteiger partial charge is 0.250 e. The van der Waals surface area contributed by atoms with Crippen molar-refractivity contribution in [2.45, 2.75) is 19.8 Å². The molecule has 1 atom stereocenters. The van der Waals surface area contributed by atoms with Gasteiger partial charge in [-0.2, -0.15) is 0 Å². The van der Waals surface area contributed by atoms with Crippen LogP contribution in [0.4, 0.5) is 0 Å². The van der Waals surface area contributed by atoms with Crippen molar-refractivity contribution in [3.05, 3.63) is 34.7 Å². The highest BCUT2D eigenvalue weighted by atomic mass is 32.2. The maximum atomic E-state index is 11.6. The zero-order valence-corrected chi connectivity index (χ0v) is 8.43. The van der Waals surface area contributed by atoms with Crippen LogP contribution in [0.25, 0.3) is 10.3 Å². The van der Waals surface area contributed by atoms with Gasteiger partial charge in [-0.15, -0.1) is 0 Å². The standard InChI is InChI=1S/C11H12OS/c1-2-5-11-10-7-4-3-6-9(10)8-13(11)12/h3-4,6-8H,2,5H2,1H3. The Bertz CT molecular complexity index is 459. The normalized spacial score (nSPS) is 19.8. The van der Waals surface area contributed by atoms with Gasteiger partial charge in [-0.1, -0.05) is 37.6 Å². The maximum Gasteiger partial charge on any atom is 0.0747 e. The van der Waals surface area contributed by atoms with Gasteiger partial charge in [0.1, 0.15) is 0 Å². The smallest absolute Gasteiger partial charge is 0.0747 e. The fourth-order valence-electron chi connectivity index (χ4n) is 1.61. The minimum Gasteiger partial charge on any atom is -0.250 e. The minimum absolute atomic E-state index is 0.865. The van der Waals surface area contributed by atoms with Gasteiger partial charge >= 0.3 is 0 Å². The van der Waals surface area contributed by atoms with E-state index in [2.05, 4.69) is 13.0 Å². The fourth-order valence-corrected chi connectivity index (χ4v) is 3.00. The van der Waals surface area contributed by atoms with E-state index in [0.717, 1.165) is 23.0 Å². The molecule has 0 radical (unpaired) electrons. The summed E-state index contributed by atoms with van der Waals surface area (Å²) in [6.07, 6.45) is 2.00. The monoisotopic (exact) mass is 192 g/mol. The second-order valence-electron chi connectivity index (χ2n) is 3.18. The van der Waals surface area contributed by atoms with Crippen LogP contribution in [0.15, 0.2) is 24.3 Å². The van der Waals surface area contributed by atoms with Crippen molar-refractivity contribution < 1.29 is 4.21 Å². The molecule has 0 spiro atoms. The number of hydrogen-bond acceptors (Lipinski definition) is 1. The third-order valence-electron chi connectivity index (χ3n) is 2.22. The van der Waals surface area contributed by atoms with Crippen LogP contribution < -0.4 is 10.4 Å². The van der Waals surface area contributed by atoms with E-state index in [-0.39, 0.29) is 0 Å². The fraction of sp³-hybridized carbons (Fsp3) is 0.273. The third kappa shape index (κ3) is 1.46. The van der Waals surface area contributed by atoms with Crippen LogP contribution >= 0.6 is 0 Å².